The van der Waals surface area contributed by atoms with E-state index in [1.165, 1.54) is 4.90 Å². The summed E-state index contributed by atoms with van der Waals surface area (Å²) in [7, 11) is 0. The summed E-state index contributed by atoms with van der Waals surface area (Å²) in [6.07, 6.45) is 2.65. The number of carbonyl (C=O) groups excluding carboxylic acids is 1. The predicted octanol–water partition coefficient (Wildman–Crippen LogP) is 2.97. The molecular formula is C17H23NO4. The molecule has 0 heterocycles. The van der Waals surface area contributed by atoms with E-state index in [0.29, 0.717) is 30.9 Å². The number of allylic oxidation sites excluding steroid dienone is 1. The van der Waals surface area contributed by atoms with E-state index in [2.05, 4.69) is 0 Å². The molecule has 0 aliphatic rings. The highest BCUT2D eigenvalue weighted by Gasteiger charge is 2.18. The zero-order chi connectivity index (χ0) is 16.5. The lowest BCUT2D eigenvalue weighted by molar-refractivity contribution is -0.137. The average Bonchev–Trinajstić information content (AvgIpc) is 2.45. The molecule has 1 aromatic carbocycles. The van der Waals surface area contributed by atoms with Crippen molar-refractivity contribution in [2.24, 2.45) is 0 Å². The van der Waals surface area contributed by atoms with E-state index in [-0.39, 0.29) is 12.5 Å². The summed E-state index contributed by atoms with van der Waals surface area (Å²) in [4.78, 5) is 24.6. The number of hydrogen-bond donors (Lipinski definition) is 1. The molecule has 120 valence electrons. The molecular weight excluding hydrogens is 282 g/mol. The minimum absolute atomic E-state index is 0.295. The van der Waals surface area contributed by atoms with Gasteiger partial charge in [0.05, 0.1) is 0 Å². The van der Waals surface area contributed by atoms with Gasteiger partial charge in [-0.3, -0.25) is 9.59 Å². The second-order valence-electron chi connectivity index (χ2n) is 5.24. The molecule has 0 unspecified atom stereocenters. The van der Waals surface area contributed by atoms with Crippen LogP contribution < -0.4 is 4.74 Å². The first-order valence-corrected chi connectivity index (χ1v) is 7.31. The van der Waals surface area contributed by atoms with Crippen molar-refractivity contribution in [3.8, 4) is 5.75 Å². The Morgan fingerprint density at radius 2 is 2.05 bits per heavy atom. The van der Waals surface area contributed by atoms with Crippen LogP contribution in [0.1, 0.15) is 37.6 Å². The van der Waals surface area contributed by atoms with Crippen LogP contribution in [-0.2, 0) is 4.79 Å². The number of benzene rings is 1. The highest BCUT2D eigenvalue weighted by molar-refractivity contribution is 5.96. The summed E-state index contributed by atoms with van der Waals surface area (Å²) in [6.45, 7) is 6.42. The number of rotatable bonds is 8. The Bertz CT molecular complexity index is 547. The molecule has 0 atom stereocenters. The Hall–Kier alpha value is -2.30. The Morgan fingerprint density at radius 1 is 1.32 bits per heavy atom. The lowest BCUT2D eigenvalue weighted by Gasteiger charge is -2.20. The lowest BCUT2D eigenvalue weighted by Crippen LogP contribution is -2.36. The van der Waals surface area contributed by atoms with Crippen molar-refractivity contribution in [1.29, 1.82) is 0 Å². The maximum Gasteiger partial charge on any atom is 0.323 e. The molecule has 1 amide bonds. The molecule has 0 saturated carbocycles. The van der Waals surface area contributed by atoms with Gasteiger partial charge < -0.3 is 14.7 Å². The smallest absolute Gasteiger partial charge is 0.323 e. The zero-order valence-electron chi connectivity index (χ0n) is 13.3. The number of carboxylic acid groups (broad SMARTS) is 1. The molecule has 0 radical (unpaired) electrons. The van der Waals surface area contributed by atoms with Crippen LogP contribution in [-0.4, -0.2) is 41.6 Å². The van der Waals surface area contributed by atoms with Gasteiger partial charge in [-0.2, -0.15) is 0 Å². The van der Waals surface area contributed by atoms with Crippen molar-refractivity contribution in [1.82, 2.24) is 4.90 Å². The van der Waals surface area contributed by atoms with Crippen molar-refractivity contribution in [3.05, 3.63) is 41.5 Å². The van der Waals surface area contributed by atoms with Gasteiger partial charge >= 0.3 is 5.97 Å². The summed E-state index contributed by atoms with van der Waals surface area (Å²) in [5.74, 6) is -0.718. The standard InChI is InChI=1S/C17H23NO4/c1-4-9-18(12-16(19)20)17(21)14-6-5-7-15(11-14)22-10-8-13(2)3/h5-8,11H,4,9-10,12H2,1-3H3,(H,19,20). The number of aliphatic carboxylic acids is 1. The molecule has 0 aliphatic carbocycles. The molecule has 1 N–H and O–H groups in total. The van der Waals surface area contributed by atoms with Gasteiger partial charge in [-0.25, -0.2) is 0 Å². The van der Waals surface area contributed by atoms with E-state index in [0.717, 1.165) is 5.57 Å². The summed E-state index contributed by atoms with van der Waals surface area (Å²) < 4.78 is 5.57. The van der Waals surface area contributed by atoms with Gasteiger partial charge in [-0.05, 0) is 44.5 Å². The van der Waals surface area contributed by atoms with Crippen LogP contribution in [0.4, 0.5) is 0 Å². The fourth-order valence-electron chi connectivity index (χ4n) is 1.89. The topological polar surface area (TPSA) is 66.8 Å². The van der Waals surface area contributed by atoms with Gasteiger partial charge in [0.1, 0.15) is 18.9 Å². The summed E-state index contributed by atoms with van der Waals surface area (Å²) in [5.41, 5.74) is 1.59. The van der Waals surface area contributed by atoms with Crippen LogP contribution in [0.25, 0.3) is 0 Å². The van der Waals surface area contributed by atoms with Crippen LogP contribution in [0.2, 0.25) is 0 Å². The third kappa shape index (κ3) is 5.99. The van der Waals surface area contributed by atoms with E-state index in [9.17, 15) is 9.59 Å². The van der Waals surface area contributed by atoms with Crippen LogP contribution >= 0.6 is 0 Å². The maximum absolute atomic E-state index is 12.4. The molecule has 1 rings (SSSR count). The van der Waals surface area contributed by atoms with Gasteiger partial charge in [-0.15, -0.1) is 0 Å². The molecule has 5 nitrogen and oxygen atoms in total. The number of hydrogen-bond acceptors (Lipinski definition) is 3. The lowest BCUT2D eigenvalue weighted by atomic mass is 10.2. The number of carbonyl (C=O) groups is 2. The van der Waals surface area contributed by atoms with Crippen LogP contribution in [0.3, 0.4) is 0 Å². The van der Waals surface area contributed by atoms with Crippen molar-refractivity contribution < 1.29 is 19.4 Å². The molecule has 0 aliphatic heterocycles. The van der Waals surface area contributed by atoms with Crippen molar-refractivity contribution in [2.45, 2.75) is 27.2 Å². The SMILES string of the molecule is CCCN(CC(=O)O)C(=O)c1cccc(OCC=C(C)C)c1. The largest absolute Gasteiger partial charge is 0.490 e. The number of amides is 1. The van der Waals surface area contributed by atoms with Crippen LogP contribution in [0.15, 0.2) is 35.9 Å². The van der Waals surface area contributed by atoms with Crippen molar-refractivity contribution in [2.75, 3.05) is 19.7 Å². The van der Waals surface area contributed by atoms with E-state index < -0.39 is 5.97 Å². The molecule has 1 aromatic rings. The Morgan fingerprint density at radius 3 is 2.64 bits per heavy atom. The predicted molar refractivity (Wildman–Crippen MR) is 85.2 cm³/mol. The van der Waals surface area contributed by atoms with Gasteiger partial charge in [0.2, 0.25) is 0 Å². The van der Waals surface area contributed by atoms with Crippen LogP contribution in [0, 0.1) is 0 Å². The second-order valence-corrected chi connectivity index (χ2v) is 5.24. The Balaban J connectivity index is 2.83. The van der Waals surface area contributed by atoms with Crippen molar-refractivity contribution in [3.63, 3.8) is 0 Å². The molecule has 22 heavy (non-hydrogen) atoms. The van der Waals surface area contributed by atoms with E-state index in [1.807, 2.05) is 26.8 Å². The first kappa shape index (κ1) is 17.8. The highest BCUT2D eigenvalue weighted by Crippen LogP contribution is 2.15. The summed E-state index contributed by atoms with van der Waals surface area (Å²) >= 11 is 0. The Kier molecular flexibility index (Phi) is 7.16. The van der Waals surface area contributed by atoms with E-state index >= 15 is 0 Å². The minimum atomic E-state index is -1.02. The molecule has 0 bridgehead atoms. The summed E-state index contributed by atoms with van der Waals surface area (Å²) in [5, 5.41) is 8.90. The number of carboxylic acids is 1. The fourth-order valence-corrected chi connectivity index (χ4v) is 1.89. The van der Waals surface area contributed by atoms with Gasteiger partial charge in [-0.1, -0.05) is 18.6 Å². The monoisotopic (exact) mass is 305 g/mol. The third-order valence-electron chi connectivity index (χ3n) is 2.93. The molecule has 0 saturated heterocycles. The third-order valence-corrected chi connectivity index (χ3v) is 2.93. The first-order chi connectivity index (χ1) is 10.4. The van der Waals surface area contributed by atoms with Crippen LogP contribution in [0.5, 0.6) is 5.75 Å². The molecule has 0 aromatic heterocycles. The van der Waals surface area contributed by atoms with E-state index in [4.69, 9.17) is 9.84 Å². The minimum Gasteiger partial charge on any atom is -0.490 e. The molecule has 0 spiro atoms. The quantitative estimate of drug-likeness (QED) is 0.750. The van der Waals surface area contributed by atoms with Gasteiger partial charge in [0, 0.05) is 12.1 Å². The zero-order valence-corrected chi connectivity index (χ0v) is 13.3. The van der Waals surface area contributed by atoms with Gasteiger partial charge in [0.15, 0.2) is 0 Å². The summed E-state index contributed by atoms with van der Waals surface area (Å²) in [6, 6.07) is 6.82. The van der Waals surface area contributed by atoms with E-state index in [1.54, 1.807) is 24.3 Å². The fraction of sp³-hybridized carbons (Fsp3) is 0.412. The number of nitrogens with zero attached hydrogens (tertiary/aromatic N) is 1. The Labute approximate surface area is 131 Å². The second kappa shape index (κ2) is 8.87. The molecule has 5 heteroatoms. The average molecular weight is 305 g/mol. The molecule has 0 fully saturated rings. The number of ether oxygens (including phenoxy) is 1. The van der Waals surface area contributed by atoms with Gasteiger partial charge in [0.25, 0.3) is 5.91 Å². The first-order valence-electron chi connectivity index (χ1n) is 7.31. The van der Waals surface area contributed by atoms with Crippen molar-refractivity contribution >= 4 is 11.9 Å². The highest BCUT2D eigenvalue weighted by atomic mass is 16.5. The maximum atomic E-state index is 12.4. The normalized spacial score (nSPS) is 9.95.